The number of ether oxygens (including phenoxy) is 1. The Morgan fingerprint density at radius 2 is 1.90 bits per heavy atom. The molecule has 0 aliphatic carbocycles. The van der Waals surface area contributed by atoms with Gasteiger partial charge >= 0.3 is 0 Å². The summed E-state index contributed by atoms with van der Waals surface area (Å²) in [5.74, 6) is 0.813. The minimum Gasteiger partial charge on any atom is -0.379 e. The van der Waals surface area contributed by atoms with Crippen LogP contribution in [0.4, 0.5) is 0 Å². The lowest BCUT2D eigenvalue weighted by Gasteiger charge is -2.40. The summed E-state index contributed by atoms with van der Waals surface area (Å²) in [6.07, 6.45) is 0. The van der Waals surface area contributed by atoms with Gasteiger partial charge in [0.25, 0.3) is 5.91 Å². The Bertz CT molecular complexity index is 962. The minimum absolute atomic E-state index is 0.0262. The summed E-state index contributed by atoms with van der Waals surface area (Å²) in [4.78, 5) is 19.6. The first-order valence-electron chi connectivity index (χ1n) is 10.2. The number of carbonyl (C=O) groups is 1. The third-order valence-electron chi connectivity index (χ3n) is 5.40. The number of amides is 1. The van der Waals surface area contributed by atoms with E-state index in [-0.39, 0.29) is 11.4 Å². The molecule has 30 heavy (non-hydrogen) atoms. The first-order valence-corrected chi connectivity index (χ1v) is 12.0. The molecule has 0 bridgehead atoms. The third-order valence-corrected chi connectivity index (χ3v) is 7.65. The smallest absolute Gasteiger partial charge is 0.251 e. The number of nitrogens with zero attached hydrogens (tertiary/aromatic N) is 2. The molecule has 2 aromatic carbocycles. The summed E-state index contributed by atoms with van der Waals surface area (Å²) in [5, 5.41) is 3.09. The number of thioether (sulfide) groups is 1. The highest BCUT2D eigenvalue weighted by atomic mass is 32.2. The summed E-state index contributed by atoms with van der Waals surface area (Å²) in [7, 11) is 0. The van der Waals surface area contributed by atoms with E-state index >= 15 is 0 Å². The molecule has 1 aromatic heterocycles. The Morgan fingerprint density at radius 3 is 2.63 bits per heavy atom. The number of aromatic nitrogens is 1. The number of hydrogen-bond acceptors (Lipinski definition) is 6. The maximum absolute atomic E-state index is 12.6. The van der Waals surface area contributed by atoms with E-state index in [0.29, 0.717) is 12.1 Å². The van der Waals surface area contributed by atoms with Gasteiger partial charge in [0, 0.05) is 36.5 Å². The van der Waals surface area contributed by atoms with Crippen LogP contribution in [0.15, 0.2) is 52.9 Å². The van der Waals surface area contributed by atoms with E-state index in [1.54, 1.807) is 23.1 Å². The topological polar surface area (TPSA) is 54.5 Å². The molecule has 4 rings (SSSR count). The molecule has 1 aliphatic heterocycles. The second-order valence-electron chi connectivity index (χ2n) is 8.03. The molecule has 1 amide bonds. The van der Waals surface area contributed by atoms with Gasteiger partial charge in [0.1, 0.15) is 0 Å². The van der Waals surface area contributed by atoms with Crippen molar-refractivity contribution in [3.05, 3.63) is 59.7 Å². The van der Waals surface area contributed by atoms with Crippen LogP contribution in [0.25, 0.3) is 10.2 Å². The van der Waals surface area contributed by atoms with E-state index in [0.717, 1.165) is 41.9 Å². The van der Waals surface area contributed by atoms with Crippen LogP contribution in [0.2, 0.25) is 0 Å². The molecule has 5 nitrogen and oxygen atoms in total. The lowest BCUT2D eigenvalue weighted by molar-refractivity contribution is -0.00923. The Morgan fingerprint density at radius 1 is 1.17 bits per heavy atom. The van der Waals surface area contributed by atoms with E-state index in [1.165, 1.54) is 10.3 Å². The number of para-hydroxylation sites is 1. The fourth-order valence-electron chi connectivity index (χ4n) is 3.49. The lowest BCUT2D eigenvalue weighted by atomic mass is 10.0. The van der Waals surface area contributed by atoms with Gasteiger partial charge < -0.3 is 10.1 Å². The van der Waals surface area contributed by atoms with Crippen molar-refractivity contribution in [2.75, 3.05) is 32.8 Å². The molecular weight excluding hydrogens is 414 g/mol. The number of hydrogen-bond donors (Lipinski definition) is 1. The highest BCUT2D eigenvalue weighted by Gasteiger charge is 2.28. The molecule has 0 radical (unpaired) electrons. The van der Waals surface area contributed by atoms with E-state index in [9.17, 15) is 4.79 Å². The molecule has 1 fully saturated rings. The van der Waals surface area contributed by atoms with Crippen molar-refractivity contribution in [2.24, 2.45) is 0 Å². The fraction of sp³-hybridized carbons (Fsp3) is 0.391. The van der Waals surface area contributed by atoms with Crippen LogP contribution < -0.4 is 5.32 Å². The molecule has 0 atom stereocenters. The van der Waals surface area contributed by atoms with Crippen LogP contribution in [-0.2, 0) is 10.5 Å². The van der Waals surface area contributed by atoms with Gasteiger partial charge in [-0.3, -0.25) is 9.69 Å². The van der Waals surface area contributed by atoms with Crippen LogP contribution in [0.5, 0.6) is 0 Å². The van der Waals surface area contributed by atoms with Crippen molar-refractivity contribution < 1.29 is 9.53 Å². The van der Waals surface area contributed by atoms with Crippen molar-refractivity contribution in [2.45, 2.75) is 29.5 Å². The molecule has 1 aliphatic rings. The molecule has 1 N–H and O–H groups in total. The largest absolute Gasteiger partial charge is 0.379 e. The number of nitrogens with one attached hydrogen (secondary N) is 1. The van der Waals surface area contributed by atoms with E-state index in [1.807, 2.05) is 42.5 Å². The highest BCUT2D eigenvalue weighted by molar-refractivity contribution is 8.00. The monoisotopic (exact) mass is 441 g/mol. The Kier molecular flexibility index (Phi) is 6.73. The predicted octanol–water partition coefficient (Wildman–Crippen LogP) is 4.43. The zero-order valence-corrected chi connectivity index (χ0v) is 19.0. The first kappa shape index (κ1) is 21.3. The van der Waals surface area contributed by atoms with Crippen LogP contribution in [0.3, 0.4) is 0 Å². The molecule has 2 heterocycles. The third kappa shape index (κ3) is 5.21. The van der Waals surface area contributed by atoms with Gasteiger partial charge in [-0.2, -0.15) is 0 Å². The van der Waals surface area contributed by atoms with Crippen LogP contribution in [0, 0.1) is 0 Å². The van der Waals surface area contributed by atoms with Gasteiger partial charge in [-0.1, -0.05) is 36.0 Å². The summed E-state index contributed by atoms with van der Waals surface area (Å²) in [6.45, 7) is 8.28. The van der Waals surface area contributed by atoms with Gasteiger partial charge in [0.15, 0.2) is 4.34 Å². The molecule has 7 heteroatoms. The van der Waals surface area contributed by atoms with Crippen molar-refractivity contribution in [3.8, 4) is 0 Å². The Hall–Kier alpha value is -1.93. The zero-order chi connectivity index (χ0) is 21.0. The van der Waals surface area contributed by atoms with Crippen molar-refractivity contribution in [3.63, 3.8) is 0 Å². The van der Waals surface area contributed by atoms with Gasteiger partial charge in [-0.05, 0) is 43.7 Å². The Balaban J connectivity index is 1.29. The van der Waals surface area contributed by atoms with E-state index < -0.39 is 0 Å². The second kappa shape index (κ2) is 9.47. The lowest BCUT2D eigenvalue weighted by Crippen LogP contribution is -2.55. The molecule has 0 saturated carbocycles. The quantitative estimate of drug-likeness (QED) is 0.550. The standard InChI is InChI=1S/C23H27N3O2S2/c1-23(2,26-11-13-28-14-12-26)16-24-21(27)18-9-7-17(8-10-18)15-29-22-25-19-5-3-4-6-20(19)30-22/h3-10H,11-16H2,1-2H3,(H,24,27). The van der Waals surface area contributed by atoms with Gasteiger partial charge in [0.05, 0.1) is 23.4 Å². The average molecular weight is 442 g/mol. The number of thiazole rings is 1. The molecule has 0 unspecified atom stereocenters. The van der Waals surface area contributed by atoms with Gasteiger partial charge in [0.2, 0.25) is 0 Å². The SMILES string of the molecule is CC(C)(CNC(=O)c1ccc(CSc2nc3ccccc3s2)cc1)N1CCOCC1. The van der Waals surface area contributed by atoms with Gasteiger partial charge in [-0.15, -0.1) is 11.3 Å². The van der Waals surface area contributed by atoms with Crippen molar-refractivity contribution in [1.82, 2.24) is 15.2 Å². The fourth-order valence-corrected chi connectivity index (χ4v) is 5.51. The summed E-state index contributed by atoms with van der Waals surface area (Å²) in [6, 6.07) is 16.1. The summed E-state index contributed by atoms with van der Waals surface area (Å²) < 4.78 is 7.72. The second-order valence-corrected chi connectivity index (χ2v) is 10.3. The zero-order valence-electron chi connectivity index (χ0n) is 17.4. The number of rotatable bonds is 7. The molecule has 158 valence electrons. The minimum atomic E-state index is -0.0900. The van der Waals surface area contributed by atoms with Crippen LogP contribution in [-0.4, -0.2) is 54.2 Å². The van der Waals surface area contributed by atoms with Crippen molar-refractivity contribution in [1.29, 1.82) is 0 Å². The summed E-state index contributed by atoms with van der Waals surface area (Å²) >= 11 is 3.46. The maximum Gasteiger partial charge on any atom is 0.251 e. The van der Waals surface area contributed by atoms with E-state index in [2.05, 4.69) is 35.1 Å². The number of benzene rings is 2. The number of carbonyl (C=O) groups excluding carboxylic acids is 1. The molecule has 1 saturated heterocycles. The summed E-state index contributed by atoms with van der Waals surface area (Å²) in [5.41, 5.74) is 2.84. The number of fused-ring (bicyclic) bond motifs is 1. The van der Waals surface area contributed by atoms with Crippen LogP contribution >= 0.6 is 23.1 Å². The van der Waals surface area contributed by atoms with Gasteiger partial charge in [-0.25, -0.2) is 4.98 Å². The van der Waals surface area contributed by atoms with E-state index in [4.69, 9.17) is 4.74 Å². The van der Waals surface area contributed by atoms with Crippen molar-refractivity contribution >= 4 is 39.2 Å². The predicted molar refractivity (Wildman–Crippen MR) is 124 cm³/mol. The average Bonchev–Trinajstić information content (AvgIpc) is 3.20. The maximum atomic E-state index is 12.6. The highest BCUT2D eigenvalue weighted by Crippen LogP contribution is 2.31. The first-order chi connectivity index (χ1) is 14.5. The molecule has 0 spiro atoms. The normalized spacial score (nSPS) is 15.4. The number of morpholine rings is 1. The molecule has 3 aromatic rings. The Labute approximate surface area is 185 Å². The van der Waals surface area contributed by atoms with Crippen LogP contribution in [0.1, 0.15) is 29.8 Å². The molecular formula is C23H27N3O2S2.